The summed E-state index contributed by atoms with van der Waals surface area (Å²) in [5, 5.41) is 3.58. The van der Waals surface area contributed by atoms with Gasteiger partial charge in [0.05, 0.1) is 30.7 Å². The molecule has 0 aliphatic carbocycles. The monoisotopic (exact) mass is 360 g/mol. The number of hydrogen-bond acceptors (Lipinski definition) is 7. The predicted octanol–water partition coefficient (Wildman–Crippen LogP) is 1.93. The van der Waals surface area contributed by atoms with Crippen molar-refractivity contribution in [1.29, 1.82) is 0 Å². The number of sulfonamides is 1. The van der Waals surface area contributed by atoms with Gasteiger partial charge in [-0.05, 0) is 19.1 Å². The van der Waals surface area contributed by atoms with E-state index in [1.54, 1.807) is 31.3 Å². The Labute approximate surface area is 144 Å². The molecule has 0 saturated carbocycles. The van der Waals surface area contributed by atoms with Crippen LogP contribution in [0.25, 0.3) is 11.4 Å². The maximum atomic E-state index is 12.3. The molecular weight excluding hydrogens is 344 g/mol. The molecule has 0 bridgehead atoms. The normalized spacial score (nSPS) is 11.4. The van der Waals surface area contributed by atoms with Crippen LogP contribution in [-0.2, 0) is 16.6 Å². The minimum atomic E-state index is -3.75. The summed E-state index contributed by atoms with van der Waals surface area (Å²) in [6.45, 7) is 1.55. The Bertz CT molecular complexity index is 971. The molecule has 1 N–H and O–H groups in total. The minimum Gasteiger partial charge on any atom is -0.497 e. The van der Waals surface area contributed by atoms with Crippen LogP contribution in [-0.4, -0.2) is 30.7 Å². The molecule has 8 nitrogen and oxygen atoms in total. The van der Waals surface area contributed by atoms with Gasteiger partial charge in [0.1, 0.15) is 22.6 Å². The molecule has 0 aromatic carbocycles. The van der Waals surface area contributed by atoms with Gasteiger partial charge >= 0.3 is 0 Å². The molecule has 0 aliphatic heterocycles. The molecule has 3 heterocycles. The summed E-state index contributed by atoms with van der Waals surface area (Å²) < 4.78 is 37.1. The molecule has 3 aromatic rings. The fourth-order valence-electron chi connectivity index (χ4n) is 2.20. The van der Waals surface area contributed by atoms with Crippen LogP contribution < -0.4 is 9.46 Å². The van der Waals surface area contributed by atoms with Crippen molar-refractivity contribution < 1.29 is 17.7 Å². The van der Waals surface area contributed by atoms with Crippen LogP contribution >= 0.6 is 0 Å². The maximum absolute atomic E-state index is 12.3. The zero-order valence-electron chi connectivity index (χ0n) is 13.6. The fraction of sp³-hybridized carbons (Fsp3) is 0.188. The summed E-state index contributed by atoms with van der Waals surface area (Å²) in [6, 6.07) is 8.87. The van der Waals surface area contributed by atoms with Gasteiger partial charge in [-0.2, -0.15) is 0 Å². The van der Waals surface area contributed by atoms with E-state index in [-0.39, 0.29) is 11.4 Å². The van der Waals surface area contributed by atoms with Crippen LogP contribution in [0.5, 0.6) is 5.75 Å². The first-order valence-electron chi connectivity index (χ1n) is 7.36. The zero-order chi connectivity index (χ0) is 17.9. The Balaban J connectivity index is 1.87. The lowest BCUT2D eigenvalue weighted by Crippen LogP contribution is -2.24. The number of aryl methyl sites for hydroxylation is 1. The molecule has 0 fully saturated rings. The number of ether oxygens (including phenoxy) is 1. The topological polar surface area (TPSA) is 107 Å². The Kier molecular flexibility index (Phi) is 4.77. The highest BCUT2D eigenvalue weighted by atomic mass is 32.2. The highest BCUT2D eigenvalue weighted by molar-refractivity contribution is 7.89. The molecule has 0 atom stereocenters. The summed E-state index contributed by atoms with van der Waals surface area (Å²) in [7, 11) is -2.21. The number of nitrogens with one attached hydrogen (secondary N) is 1. The molecule has 0 saturated heterocycles. The molecule has 3 rings (SSSR count). The van der Waals surface area contributed by atoms with Gasteiger partial charge in [-0.1, -0.05) is 11.2 Å². The Morgan fingerprint density at radius 1 is 1.24 bits per heavy atom. The molecule has 0 aliphatic rings. The number of rotatable bonds is 6. The van der Waals surface area contributed by atoms with E-state index < -0.39 is 10.0 Å². The highest BCUT2D eigenvalue weighted by Crippen LogP contribution is 2.22. The summed E-state index contributed by atoms with van der Waals surface area (Å²) in [5.74, 6) is 0.561. The zero-order valence-corrected chi connectivity index (χ0v) is 14.4. The van der Waals surface area contributed by atoms with Gasteiger partial charge in [-0.3, -0.25) is 4.98 Å². The van der Waals surface area contributed by atoms with Crippen LogP contribution in [0, 0.1) is 6.92 Å². The van der Waals surface area contributed by atoms with Crippen molar-refractivity contribution in [3.8, 4) is 17.1 Å². The van der Waals surface area contributed by atoms with E-state index in [1.165, 1.54) is 7.11 Å². The van der Waals surface area contributed by atoms with E-state index in [0.29, 0.717) is 28.5 Å². The van der Waals surface area contributed by atoms with Crippen molar-refractivity contribution in [3.05, 3.63) is 54.2 Å². The van der Waals surface area contributed by atoms with Crippen LogP contribution in [0.4, 0.5) is 0 Å². The van der Waals surface area contributed by atoms with E-state index in [0.717, 1.165) is 6.26 Å². The van der Waals surface area contributed by atoms with E-state index in [2.05, 4.69) is 24.4 Å². The molecule has 0 spiro atoms. The molecule has 3 aromatic heterocycles. The third-order valence-corrected chi connectivity index (χ3v) is 4.95. The van der Waals surface area contributed by atoms with Gasteiger partial charge in [0.25, 0.3) is 0 Å². The molecule has 0 unspecified atom stereocenters. The minimum absolute atomic E-state index is 0.000320. The van der Waals surface area contributed by atoms with Crippen LogP contribution in [0.2, 0.25) is 0 Å². The van der Waals surface area contributed by atoms with E-state index in [1.807, 2.05) is 12.1 Å². The first kappa shape index (κ1) is 17.1. The number of nitrogens with zero attached hydrogens (tertiary/aromatic N) is 3. The van der Waals surface area contributed by atoms with Gasteiger partial charge in [0, 0.05) is 18.3 Å². The Hall–Kier alpha value is -2.78. The number of methoxy groups -OCH3 is 1. The lowest BCUT2D eigenvalue weighted by atomic mass is 10.2. The summed E-state index contributed by atoms with van der Waals surface area (Å²) in [6.07, 6.45) is 2.75. The van der Waals surface area contributed by atoms with Crippen LogP contribution in [0.1, 0.15) is 11.4 Å². The van der Waals surface area contributed by atoms with Crippen molar-refractivity contribution in [1.82, 2.24) is 19.8 Å². The molecule has 0 radical (unpaired) electrons. The first-order chi connectivity index (χ1) is 12.0. The van der Waals surface area contributed by atoms with Crippen molar-refractivity contribution in [2.24, 2.45) is 0 Å². The maximum Gasteiger partial charge on any atom is 0.246 e. The summed E-state index contributed by atoms with van der Waals surface area (Å²) >= 11 is 0. The average Bonchev–Trinajstić information content (AvgIpc) is 3.07. The van der Waals surface area contributed by atoms with Gasteiger partial charge in [0.15, 0.2) is 0 Å². The van der Waals surface area contributed by atoms with E-state index in [9.17, 15) is 8.42 Å². The third-order valence-electron chi connectivity index (χ3n) is 3.45. The molecule has 9 heteroatoms. The second-order valence-electron chi connectivity index (χ2n) is 5.19. The number of pyridine rings is 2. The lowest BCUT2D eigenvalue weighted by molar-refractivity contribution is 0.413. The highest BCUT2D eigenvalue weighted by Gasteiger charge is 2.20. The standard InChI is InChI=1S/C16H16N4O4S/c1-11-16(10-24-20-11)25(21,22)18-9-12-7-13(23-2)8-15(19-12)14-5-3-4-6-17-14/h3-8,10,18H,9H2,1-2H3. The van der Waals surface area contributed by atoms with E-state index in [4.69, 9.17) is 4.74 Å². The van der Waals surface area contributed by atoms with Crippen LogP contribution in [0.15, 0.2) is 52.2 Å². The quantitative estimate of drug-likeness (QED) is 0.715. The van der Waals surface area contributed by atoms with Crippen molar-refractivity contribution >= 4 is 10.0 Å². The summed E-state index contributed by atoms with van der Waals surface area (Å²) in [4.78, 5) is 8.70. The SMILES string of the molecule is COc1cc(CNS(=O)(=O)c2conc2C)nc(-c2ccccn2)c1. The second kappa shape index (κ2) is 6.99. The largest absolute Gasteiger partial charge is 0.497 e. The lowest BCUT2D eigenvalue weighted by Gasteiger charge is -2.09. The molecule has 25 heavy (non-hydrogen) atoms. The van der Waals surface area contributed by atoms with Crippen LogP contribution in [0.3, 0.4) is 0 Å². The molecule has 0 amide bonds. The smallest absolute Gasteiger partial charge is 0.246 e. The second-order valence-corrected chi connectivity index (χ2v) is 6.92. The average molecular weight is 360 g/mol. The Morgan fingerprint density at radius 2 is 2.08 bits per heavy atom. The van der Waals surface area contributed by atoms with Gasteiger partial charge in [0.2, 0.25) is 10.0 Å². The molecule has 130 valence electrons. The van der Waals surface area contributed by atoms with Crippen molar-refractivity contribution in [2.45, 2.75) is 18.4 Å². The van der Waals surface area contributed by atoms with Crippen molar-refractivity contribution in [2.75, 3.05) is 7.11 Å². The number of aromatic nitrogens is 3. The van der Waals surface area contributed by atoms with Crippen molar-refractivity contribution in [3.63, 3.8) is 0 Å². The molecular formula is C16H16N4O4S. The summed E-state index contributed by atoms with van der Waals surface area (Å²) in [5.41, 5.74) is 2.05. The van der Waals surface area contributed by atoms with Gasteiger partial charge < -0.3 is 9.26 Å². The van der Waals surface area contributed by atoms with Gasteiger partial charge in [-0.25, -0.2) is 18.1 Å². The Morgan fingerprint density at radius 3 is 2.72 bits per heavy atom. The number of hydrogen-bond donors (Lipinski definition) is 1. The fourth-order valence-corrected chi connectivity index (χ4v) is 3.29. The predicted molar refractivity (Wildman–Crippen MR) is 89.3 cm³/mol. The first-order valence-corrected chi connectivity index (χ1v) is 8.85. The van der Waals surface area contributed by atoms with Gasteiger partial charge in [-0.15, -0.1) is 0 Å². The van der Waals surface area contributed by atoms with E-state index >= 15 is 0 Å². The third kappa shape index (κ3) is 3.83.